The summed E-state index contributed by atoms with van der Waals surface area (Å²) in [5.74, 6) is -0.330. The molecule has 6 nitrogen and oxygen atoms in total. The van der Waals surface area contributed by atoms with E-state index in [0.29, 0.717) is 10.4 Å². The molecule has 0 spiro atoms. The van der Waals surface area contributed by atoms with E-state index in [1.807, 2.05) is 36.4 Å². The normalized spacial score (nSPS) is 11.0. The Balaban J connectivity index is 1.75. The third-order valence-corrected chi connectivity index (χ3v) is 4.16. The molecule has 0 aliphatic rings. The van der Waals surface area contributed by atoms with Crippen LogP contribution in [0.25, 0.3) is 10.8 Å². The number of hydrogen-bond donors (Lipinski definition) is 1. The standard InChI is InChI=1S/C16H11N3O3S/c20-16(14-7-3-5-11-4-1-2-6-13(11)14)18-17-10-12-8-9-15(23-12)19(21)22/h1-10H,(H,18,20). The molecule has 3 aromatic rings. The topological polar surface area (TPSA) is 84.6 Å². The molecule has 0 aliphatic heterocycles. The Labute approximate surface area is 135 Å². The van der Waals surface area contributed by atoms with Gasteiger partial charge in [-0.3, -0.25) is 14.9 Å². The Bertz CT molecular complexity index is 912. The first-order valence-corrected chi connectivity index (χ1v) is 7.52. The number of carbonyl (C=O) groups is 1. The SMILES string of the molecule is O=C(NN=Cc1ccc([N+](=O)[O-])s1)c1cccc2ccccc12. The maximum absolute atomic E-state index is 12.2. The van der Waals surface area contributed by atoms with Gasteiger partial charge >= 0.3 is 5.00 Å². The average molecular weight is 325 g/mol. The molecular weight excluding hydrogens is 314 g/mol. The summed E-state index contributed by atoms with van der Waals surface area (Å²) >= 11 is 0.991. The molecule has 0 saturated carbocycles. The smallest absolute Gasteiger partial charge is 0.267 e. The molecular formula is C16H11N3O3S. The molecule has 1 amide bonds. The van der Waals surface area contributed by atoms with Crippen LogP contribution in [0.3, 0.4) is 0 Å². The summed E-state index contributed by atoms with van der Waals surface area (Å²) in [4.78, 5) is 23.0. The van der Waals surface area contributed by atoms with Crippen molar-refractivity contribution in [2.24, 2.45) is 5.10 Å². The van der Waals surface area contributed by atoms with E-state index >= 15 is 0 Å². The molecule has 0 radical (unpaired) electrons. The van der Waals surface area contributed by atoms with Gasteiger partial charge < -0.3 is 0 Å². The monoisotopic (exact) mass is 325 g/mol. The summed E-state index contributed by atoms with van der Waals surface area (Å²) in [6.45, 7) is 0. The summed E-state index contributed by atoms with van der Waals surface area (Å²) in [7, 11) is 0. The van der Waals surface area contributed by atoms with Crippen LogP contribution in [0.1, 0.15) is 15.2 Å². The zero-order chi connectivity index (χ0) is 16.2. The van der Waals surface area contributed by atoms with Crippen molar-refractivity contribution in [1.29, 1.82) is 0 Å². The lowest BCUT2D eigenvalue weighted by molar-refractivity contribution is -0.380. The summed E-state index contributed by atoms with van der Waals surface area (Å²) in [5.41, 5.74) is 2.97. The van der Waals surface area contributed by atoms with Crippen molar-refractivity contribution in [3.05, 3.63) is 75.2 Å². The van der Waals surface area contributed by atoms with Gasteiger partial charge in [0.1, 0.15) is 0 Å². The Hall–Kier alpha value is -3.06. The molecule has 0 unspecified atom stereocenters. The third kappa shape index (κ3) is 3.24. The van der Waals surface area contributed by atoms with Gasteiger partial charge in [0.2, 0.25) is 0 Å². The minimum atomic E-state index is -0.462. The van der Waals surface area contributed by atoms with Crippen molar-refractivity contribution in [3.63, 3.8) is 0 Å². The summed E-state index contributed by atoms with van der Waals surface area (Å²) in [5, 5.41) is 16.3. The van der Waals surface area contributed by atoms with Crippen molar-refractivity contribution in [2.75, 3.05) is 0 Å². The highest BCUT2D eigenvalue weighted by Crippen LogP contribution is 2.22. The molecule has 0 saturated heterocycles. The van der Waals surface area contributed by atoms with Crippen LogP contribution in [0.5, 0.6) is 0 Å². The van der Waals surface area contributed by atoms with Crippen LogP contribution in [0.15, 0.2) is 59.7 Å². The number of thiophene rings is 1. The molecule has 1 aromatic heterocycles. The second kappa shape index (κ2) is 6.37. The van der Waals surface area contributed by atoms with Crippen molar-refractivity contribution >= 4 is 39.2 Å². The highest BCUT2D eigenvalue weighted by molar-refractivity contribution is 7.16. The minimum Gasteiger partial charge on any atom is -0.267 e. The number of benzene rings is 2. The number of nitro groups is 1. The quantitative estimate of drug-likeness (QED) is 0.452. The Morgan fingerprint density at radius 3 is 2.70 bits per heavy atom. The van der Waals surface area contributed by atoms with E-state index < -0.39 is 4.92 Å². The van der Waals surface area contributed by atoms with Gasteiger partial charge in [0.05, 0.1) is 16.0 Å². The van der Waals surface area contributed by atoms with E-state index in [-0.39, 0.29) is 10.9 Å². The van der Waals surface area contributed by atoms with Crippen LogP contribution >= 0.6 is 11.3 Å². The lowest BCUT2D eigenvalue weighted by Crippen LogP contribution is -2.17. The number of nitrogens with one attached hydrogen (secondary N) is 1. The number of rotatable bonds is 4. The lowest BCUT2D eigenvalue weighted by Gasteiger charge is -2.04. The number of amides is 1. The van der Waals surface area contributed by atoms with Gasteiger partial charge in [-0.1, -0.05) is 47.7 Å². The fraction of sp³-hybridized carbons (Fsp3) is 0. The fourth-order valence-corrected chi connectivity index (χ4v) is 2.84. The molecule has 0 aliphatic carbocycles. The first-order chi connectivity index (χ1) is 11.1. The molecule has 2 aromatic carbocycles. The molecule has 0 fully saturated rings. The van der Waals surface area contributed by atoms with E-state index in [2.05, 4.69) is 10.5 Å². The highest BCUT2D eigenvalue weighted by atomic mass is 32.1. The van der Waals surface area contributed by atoms with Gasteiger partial charge in [0, 0.05) is 11.6 Å². The predicted octanol–water partition coefficient (Wildman–Crippen LogP) is 3.57. The molecule has 23 heavy (non-hydrogen) atoms. The van der Waals surface area contributed by atoms with Gasteiger partial charge in [-0.05, 0) is 22.9 Å². The Morgan fingerprint density at radius 2 is 1.91 bits per heavy atom. The summed E-state index contributed by atoms with van der Waals surface area (Å²) < 4.78 is 0. The molecule has 0 atom stereocenters. The molecule has 0 bridgehead atoms. The highest BCUT2D eigenvalue weighted by Gasteiger charge is 2.10. The van der Waals surface area contributed by atoms with Gasteiger partial charge in [0.15, 0.2) is 0 Å². The van der Waals surface area contributed by atoms with Crippen LogP contribution in [0.2, 0.25) is 0 Å². The lowest BCUT2D eigenvalue weighted by atomic mass is 10.0. The molecule has 3 rings (SSSR count). The molecule has 1 N–H and O–H groups in total. The predicted molar refractivity (Wildman–Crippen MR) is 90.0 cm³/mol. The van der Waals surface area contributed by atoms with Crippen molar-refractivity contribution in [1.82, 2.24) is 5.43 Å². The van der Waals surface area contributed by atoms with Gasteiger partial charge in [0.25, 0.3) is 5.91 Å². The number of hydrogen-bond acceptors (Lipinski definition) is 5. The van der Waals surface area contributed by atoms with Gasteiger partial charge in [-0.2, -0.15) is 5.10 Å². The van der Waals surface area contributed by atoms with E-state index in [1.54, 1.807) is 12.1 Å². The number of carbonyl (C=O) groups excluding carboxylic acids is 1. The van der Waals surface area contributed by atoms with E-state index in [1.165, 1.54) is 12.3 Å². The van der Waals surface area contributed by atoms with Crippen molar-refractivity contribution in [2.45, 2.75) is 0 Å². The van der Waals surface area contributed by atoms with E-state index in [4.69, 9.17) is 0 Å². The van der Waals surface area contributed by atoms with Gasteiger partial charge in [-0.25, -0.2) is 5.43 Å². The van der Waals surface area contributed by atoms with Crippen molar-refractivity contribution < 1.29 is 9.72 Å². The second-order valence-electron chi connectivity index (χ2n) is 4.66. The van der Waals surface area contributed by atoms with Crippen LogP contribution in [-0.2, 0) is 0 Å². The number of fused-ring (bicyclic) bond motifs is 1. The van der Waals surface area contributed by atoms with Crippen LogP contribution in [0.4, 0.5) is 5.00 Å². The maximum Gasteiger partial charge on any atom is 0.324 e. The molecule has 114 valence electrons. The minimum absolute atomic E-state index is 0.0341. The summed E-state index contributed by atoms with van der Waals surface area (Å²) in [6, 6.07) is 16.0. The van der Waals surface area contributed by atoms with Crippen LogP contribution < -0.4 is 5.43 Å². The largest absolute Gasteiger partial charge is 0.324 e. The third-order valence-electron chi connectivity index (χ3n) is 3.18. The zero-order valence-electron chi connectivity index (χ0n) is 11.8. The van der Waals surface area contributed by atoms with Crippen molar-refractivity contribution in [3.8, 4) is 0 Å². The zero-order valence-corrected chi connectivity index (χ0v) is 12.6. The number of hydrazone groups is 1. The van der Waals surface area contributed by atoms with Crippen LogP contribution in [-0.4, -0.2) is 17.0 Å². The number of nitrogens with zero attached hydrogens (tertiary/aromatic N) is 2. The molecule has 7 heteroatoms. The average Bonchev–Trinajstić information content (AvgIpc) is 3.03. The Morgan fingerprint density at radius 1 is 1.13 bits per heavy atom. The maximum atomic E-state index is 12.2. The first-order valence-electron chi connectivity index (χ1n) is 6.70. The second-order valence-corrected chi connectivity index (χ2v) is 5.75. The first kappa shape index (κ1) is 14.9. The summed E-state index contributed by atoms with van der Waals surface area (Å²) in [6.07, 6.45) is 1.39. The fourth-order valence-electron chi connectivity index (χ4n) is 2.15. The van der Waals surface area contributed by atoms with Crippen LogP contribution in [0, 0.1) is 10.1 Å². The van der Waals surface area contributed by atoms with Gasteiger partial charge in [-0.15, -0.1) is 0 Å². The Kier molecular flexibility index (Phi) is 4.11. The molecule has 1 heterocycles. The van der Waals surface area contributed by atoms with E-state index in [0.717, 1.165) is 22.1 Å². The van der Waals surface area contributed by atoms with E-state index in [9.17, 15) is 14.9 Å².